The van der Waals surface area contributed by atoms with E-state index in [1.54, 1.807) is 32.0 Å². The highest BCUT2D eigenvalue weighted by atomic mass is 32.1. The fourth-order valence-electron chi connectivity index (χ4n) is 3.74. The molecule has 1 aliphatic heterocycles. The monoisotopic (exact) mass is 444 g/mol. The lowest BCUT2D eigenvalue weighted by Gasteiger charge is -2.33. The van der Waals surface area contributed by atoms with E-state index in [9.17, 15) is 14.7 Å². The normalized spacial score (nSPS) is 16.6. The van der Waals surface area contributed by atoms with Crippen LogP contribution in [0.25, 0.3) is 10.2 Å². The lowest BCUT2D eigenvalue weighted by Crippen LogP contribution is -2.42. The predicted molar refractivity (Wildman–Crippen MR) is 114 cm³/mol. The number of fused-ring (bicyclic) bond motifs is 1. The van der Waals surface area contributed by atoms with E-state index >= 15 is 0 Å². The van der Waals surface area contributed by atoms with E-state index in [-0.39, 0.29) is 37.3 Å². The number of thiophene rings is 1. The molecule has 1 fully saturated rings. The summed E-state index contributed by atoms with van der Waals surface area (Å²) in [5.41, 5.74) is 1.28. The van der Waals surface area contributed by atoms with Crippen molar-refractivity contribution >= 4 is 33.4 Å². The molecule has 1 aliphatic rings. The summed E-state index contributed by atoms with van der Waals surface area (Å²) in [6.07, 6.45) is 1.20. The Morgan fingerprint density at radius 1 is 1.39 bits per heavy atom. The van der Waals surface area contributed by atoms with Gasteiger partial charge in [0.05, 0.1) is 25.5 Å². The summed E-state index contributed by atoms with van der Waals surface area (Å²) >= 11 is 1.30. The number of aryl methyl sites for hydroxylation is 2. The molecule has 0 bridgehead atoms. The van der Waals surface area contributed by atoms with E-state index in [4.69, 9.17) is 9.15 Å². The molecule has 0 aliphatic carbocycles. The first-order valence-corrected chi connectivity index (χ1v) is 10.8. The van der Waals surface area contributed by atoms with Gasteiger partial charge in [0.15, 0.2) is 5.89 Å². The van der Waals surface area contributed by atoms with Crippen molar-refractivity contribution in [2.75, 3.05) is 39.9 Å². The second kappa shape index (κ2) is 8.74. The van der Waals surface area contributed by atoms with Gasteiger partial charge in [-0.3, -0.25) is 9.59 Å². The Balaban J connectivity index is 1.69. The molecule has 0 radical (unpaired) electrons. The van der Waals surface area contributed by atoms with Crippen molar-refractivity contribution in [2.24, 2.45) is 0 Å². The fourth-order valence-corrected chi connectivity index (χ4v) is 4.93. The van der Waals surface area contributed by atoms with Crippen molar-refractivity contribution in [3.8, 4) is 0 Å². The van der Waals surface area contributed by atoms with Crippen molar-refractivity contribution in [2.45, 2.75) is 20.0 Å². The van der Waals surface area contributed by atoms with Crippen LogP contribution >= 0.6 is 11.3 Å². The molecule has 2 amide bonds. The van der Waals surface area contributed by atoms with Gasteiger partial charge < -0.3 is 24.1 Å². The molecule has 1 N–H and O–H groups in total. The van der Waals surface area contributed by atoms with Gasteiger partial charge in [0.1, 0.15) is 15.8 Å². The SMILES string of the molecule is Cc1nc(C)c(C(=O)N2CCOC(c3c(C(=O)N(C)CCO)sc4ncccc34)C2)o1. The maximum absolute atomic E-state index is 13.1. The van der Waals surface area contributed by atoms with Crippen LogP contribution < -0.4 is 0 Å². The van der Waals surface area contributed by atoms with Gasteiger partial charge in [0.2, 0.25) is 5.76 Å². The minimum atomic E-state index is -0.485. The molecule has 1 saturated heterocycles. The summed E-state index contributed by atoms with van der Waals surface area (Å²) < 4.78 is 11.5. The van der Waals surface area contributed by atoms with Gasteiger partial charge in [0, 0.05) is 44.2 Å². The van der Waals surface area contributed by atoms with Gasteiger partial charge in [-0.15, -0.1) is 11.3 Å². The molecule has 164 valence electrons. The zero-order valence-corrected chi connectivity index (χ0v) is 18.4. The second-order valence-corrected chi connectivity index (χ2v) is 8.41. The third kappa shape index (κ3) is 4.06. The van der Waals surface area contributed by atoms with Crippen molar-refractivity contribution in [1.29, 1.82) is 0 Å². The molecule has 0 saturated carbocycles. The van der Waals surface area contributed by atoms with E-state index in [1.807, 2.05) is 12.1 Å². The molecule has 10 heteroatoms. The molecule has 4 rings (SSSR count). The van der Waals surface area contributed by atoms with Crippen molar-refractivity contribution in [3.05, 3.63) is 46.1 Å². The number of hydrogen-bond acceptors (Lipinski definition) is 8. The minimum absolute atomic E-state index is 0.126. The average molecular weight is 445 g/mol. The fraction of sp³-hybridized carbons (Fsp3) is 0.429. The van der Waals surface area contributed by atoms with Crippen molar-refractivity contribution in [3.63, 3.8) is 0 Å². The number of rotatable bonds is 5. The zero-order chi connectivity index (χ0) is 22.1. The van der Waals surface area contributed by atoms with E-state index in [0.29, 0.717) is 29.6 Å². The first-order valence-electron chi connectivity index (χ1n) is 9.99. The first kappa shape index (κ1) is 21.4. The number of morpholine rings is 1. The number of aliphatic hydroxyl groups excluding tert-OH is 1. The van der Waals surface area contributed by atoms with Gasteiger partial charge in [0.25, 0.3) is 11.8 Å². The number of aliphatic hydroxyl groups is 1. The van der Waals surface area contributed by atoms with Gasteiger partial charge >= 0.3 is 0 Å². The number of aromatic nitrogens is 2. The number of pyridine rings is 1. The van der Waals surface area contributed by atoms with E-state index in [1.165, 1.54) is 16.2 Å². The number of hydrogen-bond donors (Lipinski definition) is 1. The number of carbonyl (C=O) groups excluding carboxylic acids is 2. The van der Waals surface area contributed by atoms with Gasteiger partial charge in [-0.1, -0.05) is 6.07 Å². The number of likely N-dealkylation sites (N-methyl/N-ethyl adjacent to an activating group) is 1. The Hall–Kier alpha value is -2.82. The smallest absolute Gasteiger partial charge is 0.291 e. The van der Waals surface area contributed by atoms with Crippen LogP contribution in [0.5, 0.6) is 0 Å². The molecule has 0 aromatic carbocycles. The highest BCUT2D eigenvalue weighted by Gasteiger charge is 2.34. The largest absolute Gasteiger partial charge is 0.436 e. The second-order valence-electron chi connectivity index (χ2n) is 7.41. The Morgan fingerprint density at radius 2 is 2.19 bits per heavy atom. The number of ether oxygens (including phenoxy) is 1. The summed E-state index contributed by atoms with van der Waals surface area (Å²) in [4.78, 5) is 39.1. The van der Waals surface area contributed by atoms with Gasteiger partial charge in [-0.2, -0.15) is 0 Å². The predicted octanol–water partition coefficient (Wildman–Crippen LogP) is 2.18. The Bertz CT molecular complexity index is 1120. The summed E-state index contributed by atoms with van der Waals surface area (Å²) in [6.45, 7) is 4.58. The summed E-state index contributed by atoms with van der Waals surface area (Å²) in [7, 11) is 1.65. The van der Waals surface area contributed by atoms with Crippen LogP contribution in [0, 0.1) is 13.8 Å². The molecule has 4 heterocycles. The molecule has 31 heavy (non-hydrogen) atoms. The molecule has 3 aromatic heterocycles. The third-order valence-corrected chi connectivity index (χ3v) is 6.37. The number of nitrogens with zero attached hydrogens (tertiary/aromatic N) is 4. The summed E-state index contributed by atoms with van der Waals surface area (Å²) in [6, 6.07) is 3.72. The lowest BCUT2D eigenvalue weighted by atomic mass is 10.0. The summed E-state index contributed by atoms with van der Waals surface area (Å²) in [5, 5.41) is 10.1. The van der Waals surface area contributed by atoms with Gasteiger partial charge in [-0.05, 0) is 13.0 Å². The first-order chi connectivity index (χ1) is 14.9. The van der Waals surface area contributed by atoms with Gasteiger partial charge in [-0.25, -0.2) is 9.97 Å². The van der Waals surface area contributed by atoms with Crippen LogP contribution in [0.3, 0.4) is 0 Å². The van der Waals surface area contributed by atoms with Crippen LogP contribution in [0.1, 0.15) is 43.5 Å². The highest BCUT2D eigenvalue weighted by molar-refractivity contribution is 7.20. The lowest BCUT2D eigenvalue weighted by molar-refractivity contribution is -0.0233. The van der Waals surface area contributed by atoms with Crippen LogP contribution in [0.4, 0.5) is 0 Å². The van der Waals surface area contributed by atoms with E-state index in [0.717, 1.165) is 15.8 Å². The number of amides is 2. The topological polar surface area (TPSA) is 109 Å². The average Bonchev–Trinajstić information content (AvgIpc) is 3.32. The maximum Gasteiger partial charge on any atom is 0.291 e. The maximum atomic E-state index is 13.1. The molecule has 1 unspecified atom stereocenters. The quantitative estimate of drug-likeness (QED) is 0.642. The Kier molecular flexibility index (Phi) is 6.03. The summed E-state index contributed by atoms with van der Waals surface area (Å²) in [5.74, 6) is 0.226. The standard InChI is InChI=1S/C21H24N4O5S/c1-12-17(30-13(2)23-12)20(27)25-8-10-29-15(11-25)16-14-5-4-6-22-19(14)31-18(16)21(28)24(3)7-9-26/h4-6,15,26H,7-11H2,1-3H3. The highest BCUT2D eigenvalue weighted by Crippen LogP contribution is 2.38. The zero-order valence-electron chi connectivity index (χ0n) is 17.6. The van der Waals surface area contributed by atoms with Crippen LogP contribution in [-0.2, 0) is 4.74 Å². The molecule has 3 aromatic rings. The van der Waals surface area contributed by atoms with Crippen LogP contribution in [0.15, 0.2) is 22.7 Å². The van der Waals surface area contributed by atoms with Crippen LogP contribution in [-0.4, -0.2) is 76.6 Å². The molecular weight excluding hydrogens is 420 g/mol. The van der Waals surface area contributed by atoms with Crippen molar-refractivity contribution in [1.82, 2.24) is 19.8 Å². The van der Waals surface area contributed by atoms with E-state index in [2.05, 4.69) is 9.97 Å². The number of oxazole rings is 1. The molecule has 1 atom stereocenters. The van der Waals surface area contributed by atoms with Crippen LogP contribution in [0.2, 0.25) is 0 Å². The number of carbonyl (C=O) groups is 2. The molecule has 9 nitrogen and oxygen atoms in total. The molecular formula is C21H24N4O5S. The van der Waals surface area contributed by atoms with E-state index < -0.39 is 6.10 Å². The van der Waals surface area contributed by atoms with Crippen molar-refractivity contribution < 1.29 is 23.8 Å². The third-order valence-electron chi connectivity index (χ3n) is 5.25. The molecule has 0 spiro atoms. The minimum Gasteiger partial charge on any atom is -0.436 e. The Morgan fingerprint density at radius 3 is 2.90 bits per heavy atom. The Labute approximate surface area is 183 Å².